The summed E-state index contributed by atoms with van der Waals surface area (Å²) in [6.45, 7) is 1.86. The van der Waals surface area contributed by atoms with Crippen LogP contribution < -0.4 is 0 Å². The van der Waals surface area contributed by atoms with Crippen LogP contribution in [0.2, 0.25) is 0 Å². The summed E-state index contributed by atoms with van der Waals surface area (Å²) in [5.74, 6) is 0.796. The van der Waals surface area contributed by atoms with Crippen molar-refractivity contribution in [3.05, 3.63) is 40.2 Å². The van der Waals surface area contributed by atoms with Gasteiger partial charge in [0.1, 0.15) is 6.33 Å². The van der Waals surface area contributed by atoms with Crippen molar-refractivity contribution in [3.8, 4) is 11.4 Å². The fourth-order valence-electron chi connectivity index (χ4n) is 2.07. The maximum absolute atomic E-state index is 10.7. The van der Waals surface area contributed by atoms with Gasteiger partial charge in [0.15, 0.2) is 5.82 Å². The average Bonchev–Trinajstić information content (AvgIpc) is 3.07. The molecule has 0 radical (unpaired) electrons. The number of nitrogens with zero attached hydrogens (tertiary/aromatic N) is 4. The van der Waals surface area contributed by atoms with Gasteiger partial charge in [0, 0.05) is 23.7 Å². The lowest BCUT2D eigenvalue weighted by atomic mass is 10.1. The molecule has 92 valence electrons. The van der Waals surface area contributed by atoms with Gasteiger partial charge < -0.3 is 4.57 Å². The molecule has 0 atom stereocenters. The van der Waals surface area contributed by atoms with Gasteiger partial charge >= 0.3 is 0 Å². The molecule has 3 rings (SSSR count). The predicted octanol–water partition coefficient (Wildman–Crippen LogP) is 2.50. The maximum Gasteiger partial charge on any atom is 0.269 e. The molecule has 6 heteroatoms. The van der Waals surface area contributed by atoms with Crippen LogP contribution in [0.4, 0.5) is 5.69 Å². The summed E-state index contributed by atoms with van der Waals surface area (Å²) in [5, 5.41) is 18.8. The van der Waals surface area contributed by atoms with Gasteiger partial charge in [0.25, 0.3) is 5.69 Å². The van der Waals surface area contributed by atoms with Crippen LogP contribution >= 0.6 is 0 Å². The van der Waals surface area contributed by atoms with E-state index in [1.807, 2.05) is 11.5 Å². The zero-order valence-corrected chi connectivity index (χ0v) is 9.91. The van der Waals surface area contributed by atoms with Crippen molar-refractivity contribution in [2.24, 2.45) is 0 Å². The van der Waals surface area contributed by atoms with E-state index >= 15 is 0 Å². The predicted molar refractivity (Wildman–Crippen MR) is 65.1 cm³/mol. The highest BCUT2D eigenvalue weighted by Gasteiger charge is 2.27. The molecule has 18 heavy (non-hydrogen) atoms. The van der Waals surface area contributed by atoms with Gasteiger partial charge in [0.2, 0.25) is 0 Å². The third-order valence-corrected chi connectivity index (χ3v) is 3.18. The molecule has 0 N–H and O–H groups in total. The minimum absolute atomic E-state index is 0.105. The summed E-state index contributed by atoms with van der Waals surface area (Å²) >= 11 is 0. The number of nitro benzene ring substituents is 1. The van der Waals surface area contributed by atoms with Gasteiger partial charge in [-0.25, -0.2) is 0 Å². The van der Waals surface area contributed by atoms with Crippen LogP contribution in [-0.4, -0.2) is 19.7 Å². The van der Waals surface area contributed by atoms with Crippen LogP contribution in [0.3, 0.4) is 0 Å². The number of aryl methyl sites for hydroxylation is 1. The number of hydrogen-bond donors (Lipinski definition) is 0. The van der Waals surface area contributed by atoms with E-state index in [1.165, 1.54) is 6.07 Å². The van der Waals surface area contributed by atoms with Crippen molar-refractivity contribution in [2.45, 2.75) is 25.8 Å². The van der Waals surface area contributed by atoms with Crippen molar-refractivity contribution in [1.82, 2.24) is 14.8 Å². The number of benzene rings is 1. The third kappa shape index (κ3) is 1.75. The number of non-ortho nitro benzene ring substituents is 1. The van der Waals surface area contributed by atoms with Gasteiger partial charge in [-0.1, -0.05) is 0 Å². The normalized spacial score (nSPS) is 14.7. The number of hydrogen-bond acceptors (Lipinski definition) is 4. The fourth-order valence-corrected chi connectivity index (χ4v) is 2.07. The van der Waals surface area contributed by atoms with Crippen LogP contribution in [0.25, 0.3) is 11.4 Å². The highest BCUT2D eigenvalue weighted by Crippen LogP contribution is 2.38. The third-order valence-electron chi connectivity index (χ3n) is 3.18. The van der Waals surface area contributed by atoms with E-state index in [-0.39, 0.29) is 10.6 Å². The topological polar surface area (TPSA) is 73.8 Å². The molecule has 1 heterocycles. The second-order valence-electron chi connectivity index (χ2n) is 4.55. The first-order chi connectivity index (χ1) is 8.66. The Kier molecular flexibility index (Phi) is 2.36. The molecule has 1 aliphatic carbocycles. The molecule has 1 aliphatic rings. The summed E-state index contributed by atoms with van der Waals surface area (Å²) in [6, 6.07) is 5.32. The smallest absolute Gasteiger partial charge is 0.269 e. The lowest BCUT2D eigenvalue weighted by molar-refractivity contribution is -0.384. The standard InChI is InChI=1S/C12H12N4O2/c1-8-6-10(16(17)18)4-5-11(8)12-14-13-7-15(12)9-2-3-9/h4-7,9H,2-3H2,1H3. The van der Waals surface area contributed by atoms with Crippen molar-refractivity contribution >= 4 is 5.69 Å². The molecule has 0 aliphatic heterocycles. The summed E-state index contributed by atoms with van der Waals surface area (Å²) in [4.78, 5) is 10.3. The van der Waals surface area contributed by atoms with Crippen LogP contribution in [0, 0.1) is 17.0 Å². The van der Waals surface area contributed by atoms with Crippen LogP contribution in [0.15, 0.2) is 24.5 Å². The van der Waals surface area contributed by atoms with Gasteiger partial charge in [0.05, 0.1) is 4.92 Å². The highest BCUT2D eigenvalue weighted by molar-refractivity contribution is 5.62. The second-order valence-corrected chi connectivity index (χ2v) is 4.55. The van der Waals surface area contributed by atoms with Crippen molar-refractivity contribution in [1.29, 1.82) is 0 Å². The van der Waals surface area contributed by atoms with Gasteiger partial charge in [-0.2, -0.15) is 0 Å². The SMILES string of the molecule is Cc1cc([N+](=O)[O-])ccc1-c1nncn1C1CC1. The Balaban J connectivity index is 2.06. The largest absolute Gasteiger partial charge is 0.310 e. The molecule has 0 bridgehead atoms. The van der Waals surface area contributed by atoms with Crippen molar-refractivity contribution < 1.29 is 4.92 Å². The lowest BCUT2D eigenvalue weighted by Gasteiger charge is -2.07. The lowest BCUT2D eigenvalue weighted by Crippen LogP contribution is -1.98. The Labute approximate surface area is 103 Å². The minimum Gasteiger partial charge on any atom is -0.310 e. The molecule has 0 amide bonds. The first-order valence-corrected chi connectivity index (χ1v) is 5.82. The molecule has 1 aromatic carbocycles. The maximum atomic E-state index is 10.7. The molecule has 0 saturated heterocycles. The van der Waals surface area contributed by atoms with Gasteiger partial charge in [-0.3, -0.25) is 10.1 Å². The van der Waals surface area contributed by atoms with Crippen LogP contribution in [0.1, 0.15) is 24.4 Å². The molecule has 1 aromatic heterocycles. The Morgan fingerprint density at radius 3 is 2.83 bits per heavy atom. The molecule has 0 spiro atoms. The van der Waals surface area contributed by atoms with Crippen LogP contribution in [0.5, 0.6) is 0 Å². The monoisotopic (exact) mass is 244 g/mol. The molecule has 0 unspecified atom stereocenters. The summed E-state index contributed by atoms with van der Waals surface area (Å²) < 4.78 is 2.05. The van der Waals surface area contributed by atoms with Crippen molar-refractivity contribution in [2.75, 3.05) is 0 Å². The average molecular weight is 244 g/mol. The van der Waals surface area contributed by atoms with Crippen molar-refractivity contribution in [3.63, 3.8) is 0 Å². The first kappa shape index (κ1) is 10.9. The summed E-state index contributed by atoms with van der Waals surface area (Å²) in [6.07, 6.45) is 4.03. The number of nitro groups is 1. The van der Waals surface area contributed by atoms with E-state index in [0.717, 1.165) is 29.8 Å². The van der Waals surface area contributed by atoms with Crippen LogP contribution in [-0.2, 0) is 0 Å². The second kappa shape index (κ2) is 3.90. The van der Waals surface area contributed by atoms with E-state index in [0.29, 0.717) is 6.04 Å². The molecule has 6 nitrogen and oxygen atoms in total. The fraction of sp³-hybridized carbons (Fsp3) is 0.333. The van der Waals surface area contributed by atoms with Gasteiger partial charge in [-0.15, -0.1) is 10.2 Å². The van der Waals surface area contributed by atoms with E-state index in [4.69, 9.17) is 0 Å². The number of rotatable bonds is 3. The Morgan fingerprint density at radius 2 is 2.22 bits per heavy atom. The molecule has 2 aromatic rings. The highest BCUT2D eigenvalue weighted by atomic mass is 16.6. The Hall–Kier alpha value is -2.24. The number of aromatic nitrogens is 3. The van der Waals surface area contributed by atoms with E-state index in [1.54, 1.807) is 18.5 Å². The molecular weight excluding hydrogens is 232 g/mol. The zero-order valence-electron chi connectivity index (χ0n) is 9.91. The van der Waals surface area contributed by atoms with Gasteiger partial charge in [-0.05, 0) is 31.4 Å². The Morgan fingerprint density at radius 1 is 1.44 bits per heavy atom. The minimum atomic E-state index is -0.387. The summed E-state index contributed by atoms with van der Waals surface area (Å²) in [7, 11) is 0. The van der Waals surface area contributed by atoms with E-state index in [2.05, 4.69) is 10.2 Å². The quantitative estimate of drug-likeness (QED) is 0.614. The molecule has 1 fully saturated rings. The van der Waals surface area contributed by atoms with E-state index < -0.39 is 0 Å². The first-order valence-electron chi connectivity index (χ1n) is 5.82. The zero-order chi connectivity index (χ0) is 12.7. The Bertz CT molecular complexity index is 616. The summed E-state index contributed by atoms with van der Waals surface area (Å²) in [5.41, 5.74) is 1.86. The molecule has 1 saturated carbocycles. The molecular formula is C12H12N4O2. The van der Waals surface area contributed by atoms with E-state index in [9.17, 15) is 10.1 Å².